The fraction of sp³-hybridized carbons (Fsp3) is 0.250. The maximum absolute atomic E-state index is 13.8. The summed E-state index contributed by atoms with van der Waals surface area (Å²) in [5, 5.41) is 9.74. The van der Waals surface area contributed by atoms with Crippen LogP contribution in [0, 0.1) is 11.7 Å². The molecule has 1 aliphatic rings. The maximum Gasteiger partial charge on any atom is 0.308 e. The van der Waals surface area contributed by atoms with Crippen molar-refractivity contribution in [1.82, 2.24) is 9.97 Å². The fourth-order valence-electron chi connectivity index (χ4n) is 3.36. The topological polar surface area (TPSA) is 75.5 Å². The molecule has 4 rings (SSSR count). The van der Waals surface area contributed by atoms with Crippen LogP contribution in [0.1, 0.15) is 12.8 Å². The summed E-state index contributed by atoms with van der Waals surface area (Å²) in [4.78, 5) is 21.2. The van der Waals surface area contributed by atoms with Crippen molar-refractivity contribution in [3.63, 3.8) is 0 Å². The Morgan fingerprint density at radius 2 is 2.04 bits per heavy atom. The zero-order chi connectivity index (χ0) is 18.8. The Kier molecular flexibility index (Phi) is 4.58. The minimum Gasteiger partial charge on any atom is -0.481 e. The van der Waals surface area contributed by atoms with Crippen molar-refractivity contribution in [2.24, 2.45) is 5.92 Å². The number of halogens is 1. The van der Waals surface area contributed by atoms with Gasteiger partial charge in [-0.25, -0.2) is 4.39 Å². The molecule has 1 saturated heterocycles. The normalized spacial score (nSPS) is 17.1. The number of carbonyl (C=O) groups is 1. The predicted octanol–water partition coefficient (Wildman–Crippen LogP) is 3.86. The number of aromatic nitrogens is 2. The first-order chi connectivity index (χ1) is 13.1. The van der Waals surface area contributed by atoms with Crippen molar-refractivity contribution < 1.29 is 19.0 Å². The summed E-state index contributed by atoms with van der Waals surface area (Å²) >= 11 is 0. The second-order valence-corrected chi connectivity index (χ2v) is 6.55. The molecule has 138 valence electrons. The Balaban J connectivity index is 1.54. The molecular formula is C20H18FN3O3. The largest absolute Gasteiger partial charge is 0.481 e. The zero-order valence-corrected chi connectivity index (χ0v) is 14.5. The standard InChI is InChI=1S/C20H18FN3O3/c21-17-11-22-10-16-18(7-8-23-19(16)17)27-15-5-3-14(4-6-15)24-9-1-2-13(12-24)20(25)26/h3-8,10-11,13H,1-2,9,12H2,(H,25,26)/t13-/m0/s1. The van der Waals surface area contributed by atoms with Gasteiger partial charge in [0.05, 0.1) is 17.5 Å². The van der Waals surface area contributed by atoms with Crippen molar-refractivity contribution in [3.05, 3.63) is 54.7 Å². The average Bonchev–Trinajstić information content (AvgIpc) is 2.69. The Labute approximate surface area is 155 Å². The number of rotatable bonds is 4. The van der Waals surface area contributed by atoms with Gasteiger partial charge >= 0.3 is 5.97 Å². The fourth-order valence-corrected chi connectivity index (χ4v) is 3.36. The summed E-state index contributed by atoms with van der Waals surface area (Å²) in [6.07, 6.45) is 5.71. The van der Waals surface area contributed by atoms with E-state index in [0.717, 1.165) is 24.8 Å². The highest BCUT2D eigenvalue weighted by molar-refractivity contribution is 5.84. The molecule has 1 atom stereocenters. The zero-order valence-electron chi connectivity index (χ0n) is 14.5. The van der Waals surface area contributed by atoms with Gasteiger partial charge in [-0.05, 0) is 43.2 Å². The highest BCUT2D eigenvalue weighted by Crippen LogP contribution is 2.31. The van der Waals surface area contributed by atoms with Crippen molar-refractivity contribution in [1.29, 1.82) is 0 Å². The van der Waals surface area contributed by atoms with E-state index in [1.165, 1.54) is 12.4 Å². The Hall–Kier alpha value is -3.22. The molecule has 3 aromatic rings. The van der Waals surface area contributed by atoms with Crippen LogP contribution in [0.3, 0.4) is 0 Å². The monoisotopic (exact) mass is 367 g/mol. The molecule has 7 heteroatoms. The van der Waals surface area contributed by atoms with Crippen LogP contribution in [-0.2, 0) is 4.79 Å². The quantitative estimate of drug-likeness (QED) is 0.755. The number of carboxylic acids is 1. The molecule has 0 saturated carbocycles. The summed E-state index contributed by atoms with van der Waals surface area (Å²) in [5.74, 6) is -0.498. The highest BCUT2D eigenvalue weighted by atomic mass is 19.1. The van der Waals surface area contributed by atoms with Crippen LogP contribution >= 0.6 is 0 Å². The molecule has 0 amide bonds. The number of pyridine rings is 2. The summed E-state index contributed by atoms with van der Waals surface area (Å²) in [6.45, 7) is 1.35. The first kappa shape index (κ1) is 17.2. The smallest absolute Gasteiger partial charge is 0.308 e. The number of hydrogen-bond acceptors (Lipinski definition) is 5. The first-order valence-electron chi connectivity index (χ1n) is 8.76. The van der Waals surface area contributed by atoms with Crippen LogP contribution in [0.25, 0.3) is 10.9 Å². The van der Waals surface area contributed by atoms with Gasteiger partial charge in [0.2, 0.25) is 0 Å². The third kappa shape index (κ3) is 3.53. The summed E-state index contributed by atoms with van der Waals surface area (Å²) < 4.78 is 19.7. The van der Waals surface area contributed by atoms with E-state index in [1.54, 1.807) is 6.07 Å². The second kappa shape index (κ2) is 7.19. The van der Waals surface area contributed by atoms with Gasteiger partial charge in [-0.3, -0.25) is 14.8 Å². The van der Waals surface area contributed by atoms with Crippen LogP contribution < -0.4 is 9.64 Å². The van der Waals surface area contributed by atoms with E-state index in [0.29, 0.717) is 29.9 Å². The van der Waals surface area contributed by atoms with Gasteiger partial charge in [-0.2, -0.15) is 0 Å². The summed E-state index contributed by atoms with van der Waals surface area (Å²) in [5.41, 5.74) is 1.17. The molecule has 1 aromatic carbocycles. The van der Waals surface area contributed by atoms with Crippen LogP contribution in [0.5, 0.6) is 11.5 Å². The Morgan fingerprint density at radius 1 is 1.22 bits per heavy atom. The van der Waals surface area contributed by atoms with Gasteiger partial charge < -0.3 is 14.7 Å². The molecule has 2 aromatic heterocycles. The number of anilines is 1. The number of hydrogen-bond donors (Lipinski definition) is 1. The number of piperidine rings is 1. The van der Waals surface area contributed by atoms with Gasteiger partial charge in [0.25, 0.3) is 0 Å². The van der Waals surface area contributed by atoms with E-state index >= 15 is 0 Å². The van der Waals surface area contributed by atoms with E-state index in [4.69, 9.17) is 4.74 Å². The molecule has 27 heavy (non-hydrogen) atoms. The molecular weight excluding hydrogens is 349 g/mol. The second-order valence-electron chi connectivity index (χ2n) is 6.55. The van der Waals surface area contributed by atoms with Gasteiger partial charge in [-0.15, -0.1) is 0 Å². The molecule has 0 radical (unpaired) electrons. The molecule has 0 aliphatic carbocycles. The number of fused-ring (bicyclic) bond motifs is 1. The Morgan fingerprint density at radius 3 is 2.81 bits per heavy atom. The van der Waals surface area contributed by atoms with Crippen LogP contribution in [-0.4, -0.2) is 34.1 Å². The van der Waals surface area contributed by atoms with Gasteiger partial charge in [0.15, 0.2) is 5.82 Å². The molecule has 0 spiro atoms. The number of carboxylic acid groups (broad SMARTS) is 1. The third-order valence-electron chi connectivity index (χ3n) is 4.77. The lowest BCUT2D eigenvalue weighted by Crippen LogP contribution is -2.38. The predicted molar refractivity (Wildman–Crippen MR) is 98.6 cm³/mol. The van der Waals surface area contributed by atoms with Crippen molar-refractivity contribution in [2.75, 3.05) is 18.0 Å². The van der Waals surface area contributed by atoms with E-state index < -0.39 is 11.8 Å². The number of aliphatic carboxylic acids is 1. The van der Waals surface area contributed by atoms with E-state index in [2.05, 4.69) is 14.9 Å². The van der Waals surface area contributed by atoms with Crippen molar-refractivity contribution >= 4 is 22.6 Å². The molecule has 1 N–H and O–H groups in total. The van der Waals surface area contributed by atoms with Crippen LogP contribution in [0.4, 0.5) is 10.1 Å². The highest BCUT2D eigenvalue weighted by Gasteiger charge is 2.25. The van der Waals surface area contributed by atoms with Crippen LogP contribution in [0.2, 0.25) is 0 Å². The SMILES string of the molecule is O=C(O)[C@H]1CCCN(c2ccc(Oc3ccnc4c(F)cncc34)cc2)C1. The van der Waals surface area contributed by atoms with E-state index in [9.17, 15) is 14.3 Å². The van der Waals surface area contributed by atoms with E-state index in [-0.39, 0.29) is 11.4 Å². The average molecular weight is 367 g/mol. The number of benzene rings is 1. The number of nitrogens with zero attached hydrogens (tertiary/aromatic N) is 3. The minimum atomic E-state index is -0.745. The van der Waals surface area contributed by atoms with Gasteiger partial charge in [-0.1, -0.05) is 0 Å². The lowest BCUT2D eigenvalue weighted by molar-refractivity contribution is -0.141. The van der Waals surface area contributed by atoms with E-state index in [1.807, 2.05) is 24.3 Å². The first-order valence-corrected chi connectivity index (χ1v) is 8.76. The third-order valence-corrected chi connectivity index (χ3v) is 4.77. The van der Waals surface area contributed by atoms with Crippen molar-refractivity contribution in [2.45, 2.75) is 12.8 Å². The minimum absolute atomic E-state index is 0.215. The molecule has 0 bridgehead atoms. The molecule has 0 unspecified atom stereocenters. The molecule has 1 fully saturated rings. The lowest BCUT2D eigenvalue weighted by Gasteiger charge is -2.32. The summed E-state index contributed by atoms with van der Waals surface area (Å²) in [7, 11) is 0. The summed E-state index contributed by atoms with van der Waals surface area (Å²) in [6, 6.07) is 9.11. The molecule has 1 aliphatic heterocycles. The van der Waals surface area contributed by atoms with Gasteiger partial charge in [0, 0.05) is 31.2 Å². The van der Waals surface area contributed by atoms with Gasteiger partial charge in [0.1, 0.15) is 17.0 Å². The number of ether oxygens (including phenoxy) is 1. The maximum atomic E-state index is 13.8. The molecule has 6 nitrogen and oxygen atoms in total. The lowest BCUT2D eigenvalue weighted by atomic mass is 9.98. The Bertz CT molecular complexity index is 978. The molecule has 3 heterocycles. The van der Waals surface area contributed by atoms with Crippen LogP contribution in [0.15, 0.2) is 48.9 Å². The van der Waals surface area contributed by atoms with Crippen molar-refractivity contribution in [3.8, 4) is 11.5 Å².